The van der Waals surface area contributed by atoms with Crippen LogP contribution in [0.3, 0.4) is 0 Å². The highest BCUT2D eigenvalue weighted by Gasteiger charge is 2.42. The molecule has 1 atom stereocenters. The van der Waals surface area contributed by atoms with E-state index in [-0.39, 0.29) is 29.0 Å². The van der Waals surface area contributed by atoms with Gasteiger partial charge in [-0.3, -0.25) is 4.79 Å². The lowest BCUT2D eigenvalue weighted by atomic mass is 9.77. The van der Waals surface area contributed by atoms with Crippen LogP contribution in [0.2, 0.25) is 0 Å². The fourth-order valence-electron chi connectivity index (χ4n) is 4.67. The van der Waals surface area contributed by atoms with Crippen molar-refractivity contribution in [3.05, 3.63) is 59.7 Å². The molecule has 1 fully saturated rings. The Balaban J connectivity index is 1.49. The van der Waals surface area contributed by atoms with Crippen LogP contribution in [-0.2, 0) is 14.8 Å². The topological polar surface area (TPSA) is 75.7 Å². The Morgan fingerprint density at radius 2 is 1.77 bits per heavy atom. The Hall–Kier alpha value is -2.38. The molecular weight excluding hydrogens is 412 g/mol. The SMILES string of the molecule is Cc1ccc(S(=O)(=O)N(C)CC(=O)N[C@@H]2CC3(CCCCC3)Oc3ccccc32)cc1. The molecule has 1 aliphatic carbocycles. The first-order valence-corrected chi connectivity index (χ1v) is 12.3. The van der Waals surface area contributed by atoms with Crippen molar-refractivity contribution in [1.29, 1.82) is 0 Å². The summed E-state index contributed by atoms with van der Waals surface area (Å²) in [4.78, 5) is 13.1. The standard InChI is InChI=1S/C24H30N2O4S/c1-18-10-12-19(13-11-18)31(28,29)26(2)17-23(27)25-21-16-24(14-6-3-7-15-24)30-22-9-5-4-8-20(21)22/h4-5,8-13,21H,3,6-7,14-17H2,1-2H3,(H,25,27)/t21-/m1/s1. The molecular formula is C24H30N2O4S. The van der Waals surface area contributed by atoms with E-state index in [1.54, 1.807) is 24.3 Å². The van der Waals surface area contributed by atoms with Gasteiger partial charge in [-0.2, -0.15) is 4.31 Å². The average molecular weight is 443 g/mol. The Bertz CT molecular complexity index is 1040. The van der Waals surface area contributed by atoms with Crippen LogP contribution in [0.4, 0.5) is 0 Å². The molecule has 2 aromatic carbocycles. The van der Waals surface area contributed by atoms with Crippen molar-refractivity contribution < 1.29 is 17.9 Å². The number of aryl methyl sites for hydroxylation is 1. The number of carbonyl (C=O) groups excluding carboxylic acids is 1. The minimum atomic E-state index is -3.73. The Morgan fingerprint density at radius 1 is 1.10 bits per heavy atom. The summed E-state index contributed by atoms with van der Waals surface area (Å²) in [6.07, 6.45) is 6.14. The maximum absolute atomic E-state index is 12.9. The molecule has 0 bridgehead atoms. The summed E-state index contributed by atoms with van der Waals surface area (Å²) in [5, 5.41) is 3.09. The van der Waals surface area contributed by atoms with E-state index >= 15 is 0 Å². The minimum absolute atomic E-state index is 0.186. The van der Waals surface area contributed by atoms with Gasteiger partial charge in [-0.1, -0.05) is 42.3 Å². The van der Waals surface area contributed by atoms with Crippen LogP contribution in [0.25, 0.3) is 0 Å². The molecule has 31 heavy (non-hydrogen) atoms. The summed E-state index contributed by atoms with van der Waals surface area (Å²) in [5.74, 6) is 0.507. The molecule has 0 aromatic heterocycles. The zero-order valence-electron chi connectivity index (χ0n) is 18.1. The molecule has 1 heterocycles. The van der Waals surface area contributed by atoms with Crippen molar-refractivity contribution in [2.24, 2.45) is 0 Å². The molecule has 1 saturated carbocycles. The van der Waals surface area contributed by atoms with E-state index in [1.165, 1.54) is 13.5 Å². The molecule has 166 valence electrons. The van der Waals surface area contributed by atoms with Crippen molar-refractivity contribution >= 4 is 15.9 Å². The zero-order chi connectivity index (χ0) is 22.1. The largest absolute Gasteiger partial charge is 0.487 e. The molecule has 1 N–H and O–H groups in total. The van der Waals surface area contributed by atoms with Gasteiger partial charge in [0, 0.05) is 19.0 Å². The second-order valence-electron chi connectivity index (χ2n) is 8.78. The molecule has 0 radical (unpaired) electrons. The lowest BCUT2D eigenvalue weighted by molar-refractivity contribution is -0.122. The van der Waals surface area contributed by atoms with Gasteiger partial charge in [0.25, 0.3) is 0 Å². The maximum Gasteiger partial charge on any atom is 0.243 e. The number of benzene rings is 2. The van der Waals surface area contributed by atoms with Crippen LogP contribution in [0, 0.1) is 6.92 Å². The predicted octanol–water partition coefficient (Wildman–Crippen LogP) is 3.96. The van der Waals surface area contributed by atoms with E-state index in [4.69, 9.17) is 4.74 Å². The molecule has 7 heteroatoms. The first-order valence-electron chi connectivity index (χ1n) is 10.9. The van der Waals surface area contributed by atoms with Crippen molar-refractivity contribution in [3.63, 3.8) is 0 Å². The Kier molecular flexibility index (Phi) is 6.08. The van der Waals surface area contributed by atoms with Gasteiger partial charge in [-0.15, -0.1) is 0 Å². The first kappa shape index (κ1) is 21.8. The molecule has 0 saturated heterocycles. The third-order valence-electron chi connectivity index (χ3n) is 6.39. The van der Waals surface area contributed by atoms with Gasteiger partial charge < -0.3 is 10.1 Å². The van der Waals surface area contributed by atoms with Gasteiger partial charge >= 0.3 is 0 Å². The van der Waals surface area contributed by atoms with Gasteiger partial charge in [0.2, 0.25) is 15.9 Å². The molecule has 1 aliphatic heterocycles. The number of nitrogens with one attached hydrogen (secondary N) is 1. The number of hydrogen-bond acceptors (Lipinski definition) is 4. The molecule has 4 rings (SSSR count). The van der Waals surface area contributed by atoms with Crippen LogP contribution >= 0.6 is 0 Å². The molecule has 6 nitrogen and oxygen atoms in total. The van der Waals surface area contributed by atoms with E-state index in [0.29, 0.717) is 6.42 Å². The van der Waals surface area contributed by atoms with E-state index < -0.39 is 10.0 Å². The third kappa shape index (κ3) is 4.62. The Morgan fingerprint density at radius 3 is 2.48 bits per heavy atom. The Labute approximate surface area is 184 Å². The van der Waals surface area contributed by atoms with Crippen LogP contribution in [0.1, 0.15) is 55.7 Å². The number of likely N-dealkylation sites (N-methyl/N-ethyl adjacent to an activating group) is 1. The number of rotatable bonds is 5. The maximum atomic E-state index is 12.9. The summed E-state index contributed by atoms with van der Waals surface area (Å²) in [6, 6.07) is 14.3. The summed E-state index contributed by atoms with van der Waals surface area (Å²) < 4.78 is 33.2. The van der Waals surface area contributed by atoms with Crippen molar-refractivity contribution in [2.75, 3.05) is 13.6 Å². The molecule has 2 aromatic rings. The summed E-state index contributed by atoms with van der Waals surface area (Å²) in [5.41, 5.74) is 1.69. The second kappa shape index (κ2) is 8.63. The molecule has 2 aliphatic rings. The number of fused-ring (bicyclic) bond motifs is 1. The van der Waals surface area contributed by atoms with Crippen LogP contribution in [-0.4, -0.2) is 37.8 Å². The van der Waals surface area contributed by atoms with Gasteiger partial charge in [-0.25, -0.2) is 8.42 Å². The van der Waals surface area contributed by atoms with Gasteiger partial charge in [0.15, 0.2) is 0 Å². The highest BCUT2D eigenvalue weighted by Crippen LogP contribution is 2.46. The quantitative estimate of drug-likeness (QED) is 0.761. The number of carbonyl (C=O) groups is 1. The van der Waals surface area contributed by atoms with E-state index in [0.717, 1.165) is 46.9 Å². The normalized spacial score (nSPS) is 20.2. The first-order chi connectivity index (χ1) is 14.8. The van der Waals surface area contributed by atoms with Crippen LogP contribution in [0.5, 0.6) is 5.75 Å². The number of ether oxygens (including phenoxy) is 1. The fourth-order valence-corrected chi connectivity index (χ4v) is 5.79. The second-order valence-corrected chi connectivity index (χ2v) is 10.8. The number of sulfonamides is 1. The number of amides is 1. The van der Waals surface area contributed by atoms with Crippen molar-refractivity contribution in [1.82, 2.24) is 9.62 Å². The predicted molar refractivity (Wildman–Crippen MR) is 119 cm³/mol. The van der Waals surface area contributed by atoms with E-state index in [1.807, 2.05) is 31.2 Å². The van der Waals surface area contributed by atoms with Gasteiger partial charge in [-0.05, 0) is 50.8 Å². The number of nitrogens with zero attached hydrogens (tertiary/aromatic N) is 1. The smallest absolute Gasteiger partial charge is 0.243 e. The third-order valence-corrected chi connectivity index (χ3v) is 8.21. The van der Waals surface area contributed by atoms with Gasteiger partial charge in [0.05, 0.1) is 17.5 Å². The highest BCUT2D eigenvalue weighted by molar-refractivity contribution is 7.89. The monoisotopic (exact) mass is 442 g/mol. The summed E-state index contributed by atoms with van der Waals surface area (Å²) in [6.45, 7) is 1.67. The average Bonchev–Trinajstić information content (AvgIpc) is 2.74. The van der Waals surface area contributed by atoms with Crippen LogP contribution in [0.15, 0.2) is 53.4 Å². The molecule has 1 amide bonds. The summed E-state index contributed by atoms with van der Waals surface area (Å²) >= 11 is 0. The zero-order valence-corrected chi connectivity index (χ0v) is 19.0. The number of para-hydroxylation sites is 1. The van der Waals surface area contributed by atoms with E-state index in [2.05, 4.69) is 5.32 Å². The highest BCUT2D eigenvalue weighted by atomic mass is 32.2. The van der Waals surface area contributed by atoms with Gasteiger partial charge in [0.1, 0.15) is 11.4 Å². The number of hydrogen-bond donors (Lipinski definition) is 1. The lowest BCUT2D eigenvalue weighted by Gasteiger charge is -2.44. The lowest BCUT2D eigenvalue weighted by Crippen LogP contribution is -2.48. The molecule has 0 unspecified atom stereocenters. The summed E-state index contributed by atoms with van der Waals surface area (Å²) in [7, 11) is -2.29. The van der Waals surface area contributed by atoms with Crippen molar-refractivity contribution in [3.8, 4) is 5.75 Å². The van der Waals surface area contributed by atoms with E-state index in [9.17, 15) is 13.2 Å². The fraction of sp³-hybridized carbons (Fsp3) is 0.458. The van der Waals surface area contributed by atoms with Crippen molar-refractivity contribution in [2.45, 2.75) is 62.0 Å². The minimum Gasteiger partial charge on any atom is -0.487 e. The van der Waals surface area contributed by atoms with Crippen LogP contribution < -0.4 is 10.1 Å². The molecule has 1 spiro atoms.